The van der Waals surface area contributed by atoms with Crippen molar-refractivity contribution < 1.29 is 38.9 Å². The van der Waals surface area contributed by atoms with Gasteiger partial charge in [-0.1, -0.05) is 68.2 Å². The highest BCUT2D eigenvalue weighted by atomic mass is 16.7. The van der Waals surface area contributed by atoms with Crippen LogP contribution in [-0.4, -0.2) is 77.9 Å². The third-order valence-electron chi connectivity index (χ3n) is 7.79. The zero-order valence-electron chi connectivity index (χ0n) is 26.7. The van der Waals surface area contributed by atoms with E-state index in [1.807, 2.05) is 34.6 Å². The Balaban J connectivity index is 2.72. The average molecular weight is 585 g/mol. The molecule has 0 aromatic heterocycles. The van der Waals surface area contributed by atoms with Gasteiger partial charge in [0.15, 0.2) is 18.2 Å². The Morgan fingerprint density at radius 2 is 1.59 bits per heavy atom. The molecule has 0 unspecified atom stereocenters. The summed E-state index contributed by atoms with van der Waals surface area (Å²) in [6, 6.07) is -0.644. The van der Waals surface area contributed by atoms with Crippen LogP contribution in [0.3, 0.4) is 0 Å². The number of methoxy groups -OCH3 is 1. The molecule has 0 aromatic carbocycles. The van der Waals surface area contributed by atoms with E-state index in [0.29, 0.717) is 38.1 Å². The molecule has 1 heterocycles. The third kappa shape index (κ3) is 12.1. The minimum absolute atomic E-state index is 0.00228. The van der Waals surface area contributed by atoms with Crippen molar-refractivity contribution >= 4 is 23.4 Å². The normalized spacial score (nSPS) is 24.7. The van der Waals surface area contributed by atoms with E-state index in [1.165, 1.54) is 7.11 Å². The first-order valence-corrected chi connectivity index (χ1v) is 15.2. The van der Waals surface area contributed by atoms with Crippen LogP contribution in [-0.2, 0) is 28.7 Å². The standard InChI is InChI=1S/C31H56N2O8/c1-18(2)13-12-15-23(35)33-24(19(3)4)22(34)17-21(28(38)31(6,7)8)14-10-11-16-32-29(39)27-25(36)20(5)26(37)30(40-9)41-27/h18-21,24-27,30,36-37H,10-17H2,1-9H3,(H,32,39)(H,33,35)/t20-,21+,24-,25-,26+,27-,30+/m0/s1. The Hall–Kier alpha value is -1.88. The molecular formula is C31H56N2O8. The molecule has 2 amide bonds. The highest BCUT2D eigenvalue weighted by Gasteiger charge is 2.45. The van der Waals surface area contributed by atoms with Crippen LogP contribution in [0.15, 0.2) is 0 Å². The maximum Gasteiger partial charge on any atom is 0.251 e. The molecule has 1 aliphatic heterocycles. The molecule has 10 nitrogen and oxygen atoms in total. The molecule has 0 aliphatic carbocycles. The second kappa shape index (κ2) is 17.3. The van der Waals surface area contributed by atoms with Crippen molar-refractivity contribution in [1.29, 1.82) is 0 Å². The second-order valence-electron chi connectivity index (χ2n) is 13.3. The Morgan fingerprint density at radius 1 is 0.951 bits per heavy atom. The van der Waals surface area contributed by atoms with Gasteiger partial charge in [-0.2, -0.15) is 0 Å². The van der Waals surface area contributed by atoms with Gasteiger partial charge >= 0.3 is 0 Å². The molecule has 0 spiro atoms. The van der Waals surface area contributed by atoms with Gasteiger partial charge in [0.05, 0.1) is 12.1 Å². The number of ketones is 2. The van der Waals surface area contributed by atoms with Gasteiger partial charge in [0, 0.05) is 43.7 Å². The fourth-order valence-electron chi connectivity index (χ4n) is 5.11. The van der Waals surface area contributed by atoms with Gasteiger partial charge in [-0.3, -0.25) is 19.2 Å². The average Bonchev–Trinajstić information content (AvgIpc) is 2.88. The third-order valence-corrected chi connectivity index (χ3v) is 7.79. The fraction of sp³-hybridized carbons (Fsp3) is 0.871. The largest absolute Gasteiger partial charge is 0.389 e. The number of carbonyl (C=O) groups excluding carboxylic acids is 4. The summed E-state index contributed by atoms with van der Waals surface area (Å²) in [5.74, 6) is -1.47. The molecule has 0 bridgehead atoms. The van der Waals surface area contributed by atoms with Gasteiger partial charge in [0.25, 0.3) is 5.91 Å². The van der Waals surface area contributed by atoms with Crippen LogP contribution in [0.1, 0.15) is 100 Å². The van der Waals surface area contributed by atoms with E-state index in [4.69, 9.17) is 9.47 Å². The summed E-state index contributed by atoms with van der Waals surface area (Å²) in [6.07, 6.45) is -0.635. The van der Waals surface area contributed by atoms with E-state index < -0.39 is 53.8 Å². The van der Waals surface area contributed by atoms with Crippen LogP contribution < -0.4 is 10.6 Å². The summed E-state index contributed by atoms with van der Waals surface area (Å²) >= 11 is 0. The summed E-state index contributed by atoms with van der Waals surface area (Å²) in [4.78, 5) is 51.8. The lowest BCUT2D eigenvalue weighted by atomic mass is 9.77. The molecule has 1 fully saturated rings. The van der Waals surface area contributed by atoms with Crippen LogP contribution in [0, 0.1) is 29.1 Å². The highest BCUT2D eigenvalue weighted by Crippen LogP contribution is 2.28. The molecule has 7 atom stereocenters. The summed E-state index contributed by atoms with van der Waals surface area (Å²) in [5, 5.41) is 26.2. The van der Waals surface area contributed by atoms with Crippen molar-refractivity contribution in [2.75, 3.05) is 13.7 Å². The smallest absolute Gasteiger partial charge is 0.251 e. The van der Waals surface area contributed by atoms with Gasteiger partial charge < -0.3 is 30.3 Å². The van der Waals surface area contributed by atoms with Crippen molar-refractivity contribution in [2.24, 2.45) is 29.1 Å². The number of Topliss-reactive ketones (excluding diaryl/α,β-unsaturated/α-hetero) is 2. The van der Waals surface area contributed by atoms with Gasteiger partial charge in [-0.15, -0.1) is 0 Å². The molecule has 1 saturated heterocycles. The van der Waals surface area contributed by atoms with Crippen LogP contribution in [0.2, 0.25) is 0 Å². The van der Waals surface area contributed by atoms with Gasteiger partial charge in [-0.05, 0) is 31.1 Å². The predicted molar refractivity (Wildman–Crippen MR) is 157 cm³/mol. The Morgan fingerprint density at radius 3 is 2.12 bits per heavy atom. The number of amides is 2. The van der Waals surface area contributed by atoms with Crippen molar-refractivity contribution in [2.45, 2.75) is 131 Å². The van der Waals surface area contributed by atoms with Crippen LogP contribution >= 0.6 is 0 Å². The van der Waals surface area contributed by atoms with Crippen molar-refractivity contribution in [3.63, 3.8) is 0 Å². The van der Waals surface area contributed by atoms with Crippen molar-refractivity contribution in [3.05, 3.63) is 0 Å². The molecule has 1 aliphatic rings. The molecule has 0 saturated carbocycles. The SMILES string of the molecule is CO[C@@H]1O[C@H](C(=O)NCCCC[C@H](CC(=O)[C@@H](NC(=O)CCCC(C)C)C(C)C)C(=O)C(C)(C)C)[C@@H](O)[C@H](C)[C@H]1O. The first kappa shape index (κ1) is 37.1. The minimum atomic E-state index is -1.18. The van der Waals surface area contributed by atoms with E-state index >= 15 is 0 Å². The number of ether oxygens (including phenoxy) is 2. The Kier molecular flexibility index (Phi) is 15.7. The highest BCUT2D eigenvalue weighted by molar-refractivity contribution is 5.94. The molecule has 41 heavy (non-hydrogen) atoms. The number of rotatable bonds is 17. The number of carbonyl (C=O) groups is 4. The second-order valence-corrected chi connectivity index (χ2v) is 13.3. The van der Waals surface area contributed by atoms with E-state index in [1.54, 1.807) is 6.92 Å². The minimum Gasteiger partial charge on any atom is -0.389 e. The van der Waals surface area contributed by atoms with Gasteiger partial charge in [0.1, 0.15) is 11.9 Å². The molecule has 1 rings (SSSR count). The maximum absolute atomic E-state index is 13.3. The van der Waals surface area contributed by atoms with Crippen LogP contribution in [0.5, 0.6) is 0 Å². The van der Waals surface area contributed by atoms with Crippen LogP contribution in [0.25, 0.3) is 0 Å². The first-order valence-electron chi connectivity index (χ1n) is 15.2. The Labute approximate surface area is 246 Å². The van der Waals surface area contributed by atoms with E-state index in [2.05, 4.69) is 24.5 Å². The summed E-state index contributed by atoms with van der Waals surface area (Å²) < 4.78 is 10.5. The molecule has 4 N–H and O–H groups in total. The van der Waals surface area contributed by atoms with E-state index in [-0.39, 0.29) is 29.8 Å². The molecule has 10 heteroatoms. The molecule has 0 aromatic rings. The summed E-state index contributed by atoms with van der Waals surface area (Å²) in [6.45, 7) is 15.4. The lowest BCUT2D eigenvalue weighted by molar-refractivity contribution is -0.269. The quantitative estimate of drug-likeness (QED) is 0.190. The van der Waals surface area contributed by atoms with Gasteiger partial charge in [0.2, 0.25) is 5.91 Å². The van der Waals surface area contributed by atoms with Gasteiger partial charge in [-0.25, -0.2) is 0 Å². The number of aliphatic hydroxyl groups is 2. The summed E-state index contributed by atoms with van der Waals surface area (Å²) in [7, 11) is 1.36. The van der Waals surface area contributed by atoms with Crippen LogP contribution in [0.4, 0.5) is 0 Å². The molecule has 0 radical (unpaired) electrons. The number of unbranched alkanes of at least 4 members (excludes halogenated alkanes) is 1. The van der Waals surface area contributed by atoms with Crippen molar-refractivity contribution in [1.82, 2.24) is 10.6 Å². The number of hydrogen-bond donors (Lipinski definition) is 4. The monoisotopic (exact) mass is 584 g/mol. The number of aliphatic hydroxyl groups excluding tert-OH is 2. The van der Waals surface area contributed by atoms with E-state index in [9.17, 15) is 29.4 Å². The first-order chi connectivity index (χ1) is 19.0. The predicted octanol–water partition coefficient (Wildman–Crippen LogP) is 3.16. The Bertz CT molecular complexity index is 852. The lowest BCUT2D eigenvalue weighted by Gasteiger charge is -2.39. The number of hydrogen-bond acceptors (Lipinski definition) is 8. The number of nitrogens with one attached hydrogen (secondary N) is 2. The lowest BCUT2D eigenvalue weighted by Crippen LogP contribution is -2.58. The zero-order chi connectivity index (χ0) is 31.5. The molecule has 238 valence electrons. The maximum atomic E-state index is 13.3. The van der Waals surface area contributed by atoms with E-state index in [0.717, 1.165) is 12.8 Å². The topological polar surface area (TPSA) is 151 Å². The fourth-order valence-corrected chi connectivity index (χ4v) is 5.11. The zero-order valence-corrected chi connectivity index (χ0v) is 26.7. The van der Waals surface area contributed by atoms with Crippen molar-refractivity contribution in [3.8, 4) is 0 Å². The summed E-state index contributed by atoms with van der Waals surface area (Å²) in [5.41, 5.74) is -0.625. The molecular weight excluding hydrogens is 528 g/mol.